The summed E-state index contributed by atoms with van der Waals surface area (Å²) in [5.41, 5.74) is 2.54. The van der Waals surface area contributed by atoms with Gasteiger partial charge in [0.1, 0.15) is 5.75 Å². The molecule has 0 unspecified atom stereocenters. The Hall–Kier alpha value is -0.690. The smallest absolute Gasteiger partial charge is 0.125 e. The predicted molar refractivity (Wildman–Crippen MR) is 59.2 cm³/mol. The lowest BCUT2D eigenvalue weighted by atomic mass is 9.99. The average Bonchev–Trinajstić information content (AvgIpc) is 2.50. The number of ether oxygens (including phenoxy) is 1. The summed E-state index contributed by atoms with van der Waals surface area (Å²) in [7, 11) is 0. The van der Waals surface area contributed by atoms with Gasteiger partial charge in [-0.15, -0.1) is 0 Å². The minimum absolute atomic E-state index is 0.641. The van der Waals surface area contributed by atoms with Gasteiger partial charge in [0.2, 0.25) is 0 Å². The number of benzene rings is 1. The van der Waals surface area contributed by atoms with Crippen molar-refractivity contribution in [3.8, 4) is 5.75 Å². The number of fused-ring (bicyclic) bond motifs is 1. The molecular formula is C12H15ClO. The molecule has 0 atom stereocenters. The van der Waals surface area contributed by atoms with Gasteiger partial charge in [-0.25, -0.2) is 0 Å². The van der Waals surface area contributed by atoms with Crippen molar-refractivity contribution in [2.24, 2.45) is 5.92 Å². The van der Waals surface area contributed by atoms with E-state index >= 15 is 0 Å². The molecule has 1 aliphatic heterocycles. The molecule has 0 radical (unpaired) electrons. The Kier molecular flexibility index (Phi) is 2.69. The highest BCUT2D eigenvalue weighted by Gasteiger charge is 2.17. The molecule has 0 spiro atoms. The van der Waals surface area contributed by atoms with E-state index in [2.05, 4.69) is 13.8 Å². The molecule has 0 fully saturated rings. The second-order valence-corrected chi connectivity index (χ2v) is 4.69. The molecule has 2 heteroatoms. The van der Waals surface area contributed by atoms with Gasteiger partial charge in [-0.05, 0) is 35.6 Å². The first-order valence-corrected chi connectivity index (χ1v) is 5.48. The van der Waals surface area contributed by atoms with Crippen LogP contribution in [0.2, 0.25) is 5.02 Å². The van der Waals surface area contributed by atoms with Gasteiger partial charge >= 0.3 is 0 Å². The molecule has 1 nitrogen and oxygen atoms in total. The summed E-state index contributed by atoms with van der Waals surface area (Å²) in [4.78, 5) is 0. The topological polar surface area (TPSA) is 9.23 Å². The molecule has 0 aliphatic carbocycles. The van der Waals surface area contributed by atoms with Crippen molar-refractivity contribution < 1.29 is 4.74 Å². The number of halogens is 1. The number of rotatable bonds is 2. The van der Waals surface area contributed by atoms with Gasteiger partial charge in [0, 0.05) is 11.4 Å². The Labute approximate surface area is 90.0 Å². The minimum atomic E-state index is 0.641. The first-order chi connectivity index (χ1) is 6.66. The van der Waals surface area contributed by atoms with E-state index in [-0.39, 0.29) is 0 Å². The van der Waals surface area contributed by atoms with E-state index in [0.29, 0.717) is 5.92 Å². The van der Waals surface area contributed by atoms with Crippen molar-refractivity contribution in [2.75, 3.05) is 6.61 Å². The van der Waals surface area contributed by atoms with Crippen LogP contribution in [-0.4, -0.2) is 6.61 Å². The first-order valence-electron chi connectivity index (χ1n) is 5.11. The van der Waals surface area contributed by atoms with E-state index in [1.807, 2.05) is 12.1 Å². The third kappa shape index (κ3) is 1.88. The van der Waals surface area contributed by atoms with Crippen LogP contribution in [0.4, 0.5) is 0 Å². The molecule has 1 aromatic rings. The largest absolute Gasteiger partial charge is 0.493 e. The van der Waals surface area contributed by atoms with Crippen LogP contribution in [0.25, 0.3) is 0 Å². The second kappa shape index (κ2) is 3.82. The molecule has 0 N–H and O–H groups in total. The summed E-state index contributed by atoms with van der Waals surface area (Å²) in [6.07, 6.45) is 2.05. The highest BCUT2D eigenvalue weighted by molar-refractivity contribution is 6.30. The fourth-order valence-corrected chi connectivity index (χ4v) is 2.20. The lowest BCUT2D eigenvalue weighted by Crippen LogP contribution is -1.97. The van der Waals surface area contributed by atoms with Crippen LogP contribution >= 0.6 is 11.6 Å². The summed E-state index contributed by atoms with van der Waals surface area (Å²) in [6.45, 7) is 5.23. The van der Waals surface area contributed by atoms with Crippen LogP contribution in [0.1, 0.15) is 25.0 Å². The van der Waals surface area contributed by atoms with E-state index in [9.17, 15) is 0 Å². The normalized spacial score (nSPS) is 14.3. The molecule has 2 rings (SSSR count). The number of hydrogen-bond donors (Lipinski definition) is 0. The monoisotopic (exact) mass is 210 g/mol. The van der Waals surface area contributed by atoms with Crippen molar-refractivity contribution in [1.29, 1.82) is 0 Å². The molecule has 0 saturated heterocycles. The third-order valence-corrected chi connectivity index (χ3v) is 2.67. The van der Waals surface area contributed by atoms with Crippen LogP contribution in [0, 0.1) is 5.92 Å². The van der Waals surface area contributed by atoms with Gasteiger partial charge in [0.25, 0.3) is 0 Å². The molecule has 1 aliphatic rings. The van der Waals surface area contributed by atoms with E-state index in [4.69, 9.17) is 16.3 Å². The van der Waals surface area contributed by atoms with Gasteiger partial charge in [-0.1, -0.05) is 25.4 Å². The highest BCUT2D eigenvalue weighted by atomic mass is 35.5. The minimum Gasteiger partial charge on any atom is -0.493 e. The molecule has 0 saturated carbocycles. The molecule has 0 amide bonds. The van der Waals surface area contributed by atoms with Gasteiger partial charge in [-0.2, -0.15) is 0 Å². The SMILES string of the molecule is CC(C)Cc1cc(Cl)cc2c1OCC2. The van der Waals surface area contributed by atoms with Gasteiger partial charge in [-0.3, -0.25) is 0 Å². The lowest BCUT2D eigenvalue weighted by Gasteiger charge is -2.10. The molecule has 14 heavy (non-hydrogen) atoms. The Balaban J connectivity index is 2.38. The maximum Gasteiger partial charge on any atom is 0.125 e. The first kappa shape index (κ1) is 9.85. The third-order valence-electron chi connectivity index (χ3n) is 2.45. The summed E-state index contributed by atoms with van der Waals surface area (Å²) in [6, 6.07) is 4.05. The van der Waals surface area contributed by atoms with Crippen molar-refractivity contribution in [3.05, 3.63) is 28.3 Å². The molecular weight excluding hydrogens is 196 g/mol. The molecule has 0 bridgehead atoms. The average molecular weight is 211 g/mol. The quantitative estimate of drug-likeness (QED) is 0.727. The zero-order valence-electron chi connectivity index (χ0n) is 8.64. The summed E-state index contributed by atoms with van der Waals surface area (Å²) in [5.74, 6) is 1.73. The summed E-state index contributed by atoms with van der Waals surface area (Å²) in [5, 5.41) is 0.838. The van der Waals surface area contributed by atoms with E-state index in [1.54, 1.807) is 0 Å². The lowest BCUT2D eigenvalue weighted by molar-refractivity contribution is 0.352. The summed E-state index contributed by atoms with van der Waals surface area (Å²) < 4.78 is 5.63. The zero-order chi connectivity index (χ0) is 10.1. The van der Waals surface area contributed by atoms with E-state index < -0.39 is 0 Å². The second-order valence-electron chi connectivity index (χ2n) is 4.25. The Morgan fingerprint density at radius 3 is 2.93 bits per heavy atom. The Morgan fingerprint density at radius 1 is 1.43 bits per heavy atom. The van der Waals surface area contributed by atoms with Crippen LogP contribution in [0.5, 0.6) is 5.75 Å². The maximum absolute atomic E-state index is 6.06. The van der Waals surface area contributed by atoms with E-state index in [1.165, 1.54) is 11.1 Å². The standard InChI is InChI=1S/C12H15ClO/c1-8(2)5-10-7-11(13)6-9-3-4-14-12(9)10/h6-8H,3-5H2,1-2H3. The predicted octanol–water partition coefficient (Wildman–Crippen LogP) is 3.47. The van der Waals surface area contributed by atoms with Gasteiger partial charge in [0.05, 0.1) is 6.61 Å². The summed E-state index contributed by atoms with van der Waals surface area (Å²) >= 11 is 6.06. The zero-order valence-corrected chi connectivity index (χ0v) is 9.40. The van der Waals surface area contributed by atoms with Crippen LogP contribution in [0.3, 0.4) is 0 Å². The van der Waals surface area contributed by atoms with Crippen molar-refractivity contribution >= 4 is 11.6 Å². The molecule has 0 aromatic heterocycles. The van der Waals surface area contributed by atoms with Gasteiger partial charge in [0.15, 0.2) is 0 Å². The number of hydrogen-bond acceptors (Lipinski definition) is 1. The van der Waals surface area contributed by atoms with Crippen molar-refractivity contribution in [3.63, 3.8) is 0 Å². The van der Waals surface area contributed by atoms with Crippen LogP contribution in [-0.2, 0) is 12.8 Å². The van der Waals surface area contributed by atoms with Crippen LogP contribution < -0.4 is 4.74 Å². The fourth-order valence-electron chi connectivity index (χ4n) is 1.94. The Bertz CT molecular complexity index is 344. The molecule has 1 aromatic carbocycles. The van der Waals surface area contributed by atoms with Crippen molar-refractivity contribution in [2.45, 2.75) is 26.7 Å². The van der Waals surface area contributed by atoms with Crippen molar-refractivity contribution in [1.82, 2.24) is 0 Å². The maximum atomic E-state index is 6.06. The Morgan fingerprint density at radius 2 is 2.21 bits per heavy atom. The van der Waals surface area contributed by atoms with E-state index in [0.717, 1.165) is 30.2 Å². The molecule has 1 heterocycles. The van der Waals surface area contributed by atoms with Gasteiger partial charge < -0.3 is 4.74 Å². The molecule has 76 valence electrons. The van der Waals surface area contributed by atoms with Crippen LogP contribution in [0.15, 0.2) is 12.1 Å². The highest BCUT2D eigenvalue weighted by Crippen LogP contribution is 2.34. The fraction of sp³-hybridized carbons (Fsp3) is 0.500.